The van der Waals surface area contributed by atoms with Crippen molar-refractivity contribution in [2.75, 3.05) is 16.8 Å². The Balaban J connectivity index is 1.61. The molecule has 0 radical (unpaired) electrons. The van der Waals surface area contributed by atoms with Crippen LogP contribution in [0.1, 0.15) is 12.0 Å². The Labute approximate surface area is 183 Å². The van der Waals surface area contributed by atoms with Gasteiger partial charge in [-0.05, 0) is 48.0 Å². The van der Waals surface area contributed by atoms with Gasteiger partial charge in [-0.15, -0.1) is 0 Å². The van der Waals surface area contributed by atoms with E-state index in [1.165, 1.54) is 4.90 Å². The molecule has 1 N–H and O–H groups in total. The predicted molar refractivity (Wildman–Crippen MR) is 121 cm³/mol. The zero-order valence-corrected chi connectivity index (χ0v) is 17.3. The number of amides is 2. The van der Waals surface area contributed by atoms with Gasteiger partial charge in [-0.2, -0.15) is 0 Å². The van der Waals surface area contributed by atoms with E-state index in [1.54, 1.807) is 42.5 Å². The van der Waals surface area contributed by atoms with Crippen LogP contribution in [0, 0.1) is 0 Å². The number of halogens is 2. The van der Waals surface area contributed by atoms with Crippen molar-refractivity contribution in [1.29, 1.82) is 0 Å². The number of rotatable bonds is 4. The minimum absolute atomic E-state index is 0.0702. The third-order valence-electron chi connectivity index (χ3n) is 4.64. The molecule has 7 heteroatoms. The summed E-state index contributed by atoms with van der Waals surface area (Å²) in [6.45, 7) is -0.133. The van der Waals surface area contributed by atoms with Crippen LogP contribution < -0.4 is 10.2 Å². The average Bonchev–Trinajstić information content (AvgIpc) is 2.85. The number of anilines is 2. The molecule has 0 fully saturated rings. The summed E-state index contributed by atoms with van der Waals surface area (Å²) in [6, 6.07) is 21.3. The third-order valence-corrected chi connectivity index (χ3v) is 5.12. The first-order valence-electron chi connectivity index (χ1n) is 9.28. The van der Waals surface area contributed by atoms with E-state index >= 15 is 0 Å². The van der Waals surface area contributed by atoms with Gasteiger partial charge in [0.05, 0.1) is 23.5 Å². The standard InChI is InChI=1S/C23H17Cl2N3O2/c24-16-10-8-15(9-11-16)20-13-23(30)28(21-7-2-1-6-19(21)27-20)14-22(29)26-18-5-3-4-17(25)12-18/h1-12H,13-14H2,(H,26,29). The number of para-hydroxylation sites is 2. The zero-order chi connectivity index (χ0) is 21.1. The molecule has 0 atom stereocenters. The highest BCUT2D eigenvalue weighted by Gasteiger charge is 2.26. The lowest BCUT2D eigenvalue weighted by molar-refractivity contribution is -0.120. The number of hydrogen-bond donors (Lipinski definition) is 1. The maximum absolute atomic E-state index is 13.1. The molecule has 0 saturated heterocycles. The van der Waals surface area contributed by atoms with Crippen LogP contribution in [0.2, 0.25) is 10.0 Å². The molecule has 3 aromatic rings. The summed E-state index contributed by atoms with van der Waals surface area (Å²) in [6.07, 6.45) is 0.0702. The summed E-state index contributed by atoms with van der Waals surface area (Å²) in [5.41, 5.74) is 3.23. The Hall–Kier alpha value is -3.15. The molecule has 4 rings (SSSR count). The number of fused-ring (bicyclic) bond motifs is 1. The Morgan fingerprint density at radius 1 is 0.967 bits per heavy atom. The first kappa shape index (κ1) is 20.1. The summed E-state index contributed by atoms with van der Waals surface area (Å²) < 4.78 is 0. The highest BCUT2D eigenvalue weighted by Crippen LogP contribution is 2.33. The smallest absolute Gasteiger partial charge is 0.244 e. The van der Waals surface area contributed by atoms with Crippen molar-refractivity contribution < 1.29 is 9.59 Å². The van der Waals surface area contributed by atoms with E-state index in [9.17, 15) is 9.59 Å². The normalized spacial score (nSPS) is 13.3. The Morgan fingerprint density at radius 2 is 1.73 bits per heavy atom. The van der Waals surface area contributed by atoms with E-state index in [0.717, 1.165) is 5.56 Å². The maximum Gasteiger partial charge on any atom is 0.244 e. The van der Waals surface area contributed by atoms with Crippen molar-refractivity contribution in [3.8, 4) is 0 Å². The minimum Gasteiger partial charge on any atom is -0.324 e. The van der Waals surface area contributed by atoms with Gasteiger partial charge in [0.25, 0.3) is 0 Å². The van der Waals surface area contributed by atoms with Gasteiger partial charge in [0, 0.05) is 15.7 Å². The number of aliphatic imine (C=N–C) groups is 1. The first-order valence-corrected chi connectivity index (χ1v) is 10.0. The van der Waals surface area contributed by atoms with E-state index in [4.69, 9.17) is 28.2 Å². The van der Waals surface area contributed by atoms with Crippen LogP contribution in [0.3, 0.4) is 0 Å². The molecule has 1 aliphatic rings. The number of benzene rings is 3. The van der Waals surface area contributed by atoms with Gasteiger partial charge in [-0.3, -0.25) is 14.6 Å². The van der Waals surface area contributed by atoms with Crippen molar-refractivity contribution in [1.82, 2.24) is 0 Å². The highest BCUT2D eigenvalue weighted by atomic mass is 35.5. The molecular formula is C23H17Cl2N3O2. The van der Waals surface area contributed by atoms with Crippen LogP contribution in [0.5, 0.6) is 0 Å². The fourth-order valence-electron chi connectivity index (χ4n) is 3.24. The molecule has 3 aromatic carbocycles. The van der Waals surface area contributed by atoms with Crippen molar-refractivity contribution in [3.05, 3.63) is 88.4 Å². The van der Waals surface area contributed by atoms with Crippen LogP contribution in [-0.4, -0.2) is 24.1 Å². The number of carbonyl (C=O) groups excluding carboxylic acids is 2. The van der Waals surface area contributed by atoms with Crippen LogP contribution in [0.25, 0.3) is 0 Å². The molecule has 0 unspecified atom stereocenters. The number of nitrogens with zero attached hydrogens (tertiary/aromatic N) is 2. The van der Waals surface area contributed by atoms with Gasteiger partial charge in [-0.25, -0.2) is 0 Å². The molecule has 0 aliphatic carbocycles. The van der Waals surface area contributed by atoms with Gasteiger partial charge in [-0.1, -0.05) is 53.5 Å². The second kappa shape index (κ2) is 8.69. The maximum atomic E-state index is 13.1. The molecule has 5 nitrogen and oxygen atoms in total. The molecule has 0 saturated carbocycles. The summed E-state index contributed by atoms with van der Waals surface area (Å²) in [7, 11) is 0. The summed E-state index contributed by atoms with van der Waals surface area (Å²) in [5, 5.41) is 3.91. The van der Waals surface area contributed by atoms with Gasteiger partial charge in [0.15, 0.2) is 0 Å². The lowest BCUT2D eigenvalue weighted by Gasteiger charge is -2.22. The summed E-state index contributed by atoms with van der Waals surface area (Å²) >= 11 is 12.0. The Kier molecular flexibility index (Phi) is 5.84. The zero-order valence-electron chi connectivity index (χ0n) is 15.8. The van der Waals surface area contributed by atoms with E-state index < -0.39 is 0 Å². The Morgan fingerprint density at radius 3 is 2.50 bits per heavy atom. The van der Waals surface area contributed by atoms with Crippen LogP contribution in [0.15, 0.2) is 77.8 Å². The van der Waals surface area contributed by atoms with Gasteiger partial charge < -0.3 is 10.2 Å². The van der Waals surface area contributed by atoms with Crippen LogP contribution >= 0.6 is 23.2 Å². The molecule has 150 valence electrons. The third kappa shape index (κ3) is 4.53. The second-order valence-corrected chi connectivity index (χ2v) is 7.64. The highest BCUT2D eigenvalue weighted by molar-refractivity contribution is 6.31. The average molecular weight is 438 g/mol. The van der Waals surface area contributed by atoms with Crippen molar-refractivity contribution in [2.45, 2.75) is 6.42 Å². The minimum atomic E-state index is -0.324. The van der Waals surface area contributed by atoms with E-state index in [-0.39, 0.29) is 24.8 Å². The topological polar surface area (TPSA) is 61.8 Å². The first-order chi connectivity index (χ1) is 14.5. The molecule has 30 heavy (non-hydrogen) atoms. The van der Waals surface area contributed by atoms with Crippen LogP contribution in [-0.2, 0) is 9.59 Å². The van der Waals surface area contributed by atoms with E-state index in [2.05, 4.69) is 5.32 Å². The lowest BCUT2D eigenvalue weighted by Crippen LogP contribution is -2.38. The van der Waals surface area contributed by atoms with E-state index in [1.807, 2.05) is 30.3 Å². The monoisotopic (exact) mass is 437 g/mol. The Bertz CT molecular complexity index is 1140. The largest absolute Gasteiger partial charge is 0.324 e. The molecule has 2 amide bonds. The van der Waals surface area contributed by atoms with E-state index in [0.29, 0.717) is 32.8 Å². The van der Waals surface area contributed by atoms with Crippen molar-refractivity contribution >= 4 is 57.8 Å². The second-order valence-electron chi connectivity index (χ2n) is 6.77. The fraction of sp³-hybridized carbons (Fsp3) is 0.0870. The predicted octanol–water partition coefficient (Wildman–Crippen LogP) is 5.49. The number of hydrogen-bond acceptors (Lipinski definition) is 3. The van der Waals surface area contributed by atoms with Gasteiger partial charge in [0.1, 0.15) is 6.54 Å². The summed E-state index contributed by atoms with van der Waals surface area (Å²) in [5.74, 6) is -0.537. The SMILES string of the molecule is O=C(CN1C(=O)CC(c2ccc(Cl)cc2)=Nc2ccccc21)Nc1cccc(Cl)c1. The molecule has 1 aliphatic heterocycles. The molecule has 0 bridgehead atoms. The molecule has 1 heterocycles. The van der Waals surface area contributed by atoms with Crippen LogP contribution in [0.4, 0.5) is 17.1 Å². The lowest BCUT2D eigenvalue weighted by atomic mass is 10.1. The number of nitrogens with one attached hydrogen (secondary N) is 1. The van der Waals surface area contributed by atoms with Gasteiger partial charge in [0.2, 0.25) is 11.8 Å². The van der Waals surface area contributed by atoms with Crippen molar-refractivity contribution in [2.24, 2.45) is 4.99 Å². The molecular weight excluding hydrogens is 421 g/mol. The van der Waals surface area contributed by atoms with Crippen molar-refractivity contribution in [3.63, 3.8) is 0 Å². The fourth-order valence-corrected chi connectivity index (χ4v) is 3.55. The molecule has 0 aromatic heterocycles. The summed E-state index contributed by atoms with van der Waals surface area (Å²) in [4.78, 5) is 31.9. The van der Waals surface area contributed by atoms with Gasteiger partial charge >= 0.3 is 0 Å². The molecule has 0 spiro atoms. The number of carbonyl (C=O) groups is 2. The quantitative estimate of drug-likeness (QED) is 0.586.